The molecule has 1 aromatic carbocycles. The number of rotatable bonds is 6. The molecule has 1 aromatic heterocycles. The molecule has 1 saturated carbocycles. The van der Waals surface area contributed by atoms with Gasteiger partial charge in [0.1, 0.15) is 11.6 Å². The number of ether oxygens (including phenoxy) is 1. The van der Waals surface area contributed by atoms with Crippen molar-refractivity contribution in [1.29, 1.82) is 0 Å². The molecule has 9 heteroatoms. The maximum atomic E-state index is 12.8. The highest BCUT2D eigenvalue weighted by Gasteiger charge is 2.32. The molecule has 3 N–H and O–H groups in total. The molecule has 1 unspecified atom stereocenters. The van der Waals surface area contributed by atoms with E-state index in [1.165, 1.54) is 37.4 Å². The minimum atomic E-state index is -0.856. The van der Waals surface area contributed by atoms with E-state index >= 15 is 0 Å². The van der Waals surface area contributed by atoms with Crippen LogP contribution in [0.25, 0.3) is 0 Å². The molecule has 1 aliphatic heterocycles. The Hall–Kier alpha value is -2.55. The van der Waals surface area contributed by atoms with Gasteiger partial charge in [-0.1, -0.05) is 49.6 Å². The van der Waals surface area contributed by atoms with Crippen LogP contribution in [0.5, 0.6) is 5.75 Å². The van der Waals surface area contributed by atoms with Crippen LogP contribution in [0.1, 0.15) is 31.5 Å². The summed E-state index contributed by atoms with van der Waals surface area (Å²) < 4.78 is 5.60. The molecule has 8 nitrogen and oxygen atoms in total. The van der Waals surface area contributed by atoms with Crippen molar-refractivity contribution in [3.63, 3.8) is 0 Å². The van der Waals surface area contributed by atoms with Crippen LogP contribution < -0.4 is 15.4 Å². The number of carbonyl (C=O) groups is 2. The first-order valence-corrected chi connectivity index (χ1v) is 10.5. The number of fused-ring (bicyclic) bond motifs is 1. The van der Waals surface area contributed by atoms with Gasteiger partial charge in [-0.25, -0.2) is 4.98 Å². The molecule has 0 radical (unpaired) electrons. The minimum Gasteiger partial charge on any atom is -0.477 e. The predicted octanol–water partition coefficient (Wildman–Crippen LogP) is 1.91. The number of aromatic amines is 1. The molecule has 0 spiro atoms. The van der Waals surface area contributed by atoms with E-state index in [1.54, 1.807) is 23.1 Å². The van der Waals surface area contributed by atoms with E-state index in [1.807, 2.05) is 6.07 Å². The van der Waals surface area contributed by atoms with Gasteiger partial charge in [0.05, 0.1) is 18.0 Å². The number of amides is 2. The average Bonchev–Trinajstić information content (AvgIpc) is 3.37. The fraction of sp³-hybridized carbons (Fsp3) is 0.474. The van der Waals surface area contributed by atoms with Crippen molar-refractivity contribution in [1.82, 2.24) is 15.2 Å². The van der Waals surface area contributed by atoms with E-state index < -0.39 is 12.0 Å². The van der Waals surface area contributed by atoms with Crippen molar-refractivity contribution in [2.75, 3.05) is 17.2 Å². The number of nitrogens with two attached hydrogens (primary N) is 1. The summed E-state index contributed by atoms with van der Waals surface area (Å²) in [7, 11) is 0. The van der Waals surface area contributed by atoms with Crippen LogP contribution in [0.4, 0.5) is 5.69 Å². The summed E-state index contributed by atoms with van der Waals surface area (Å²) in [6.07, 6.45) is 5.15. The third-order valence-corrected chi connectivity index (χ3v) is 6.02. The average molecular weight is 401 g/mol. The van der Waals surface area contributed by atoms with Crippen LogP contribution in [0.3, 0.4) is 0 Å². The van der Waals surface area contributed by atoms with Crippen molar-refractivity contribution < 1.29 is 14.3 Å². The number of hydrogen-bond acceptors (Lipinski definition) is 6. The van der Waals surface area contributed by atoms with Gasteiger partial charge < -0.3 is 15.4 Å². The molecule has 2 aromatic rings. The van der Waals surface area contributed by atoms with Gasteiger partial charge in [0.25, 0.3) is 5.91 Å². The maximum absolute atomic E-state index is 12.8. The highest BCUT2D eigenvalue weighted by Crippen LogP contribution is 2.33. The Labute approximate surface area is 167 Å². The summed E-state index contributed by atoms with van der Waals surface area (Å²) in [5, 5.41) is 7.77. The van der Waals surface area contributed by atoms with Gasteiger partial charge in [-0.05, 0) is 18.1 Å². The number of aromatic nitrogens is 3. The standard InChI is InChI=1S/C19H23N5O3S/c20-18(26)15-10-24(13-7-3-4-8-14(13)27-15)17(25)11-28-19-21-16(22-23-19)9-12-5-1-2-6-12/h3-4,7-8,12,15H,1-2,5-6,9-11H2,(H2,20,26)(H,21,22,23). The van der Waals surface area contributed by atoms with Crippen LogP contribution in [0.2, 0.25) is 0 Å². The molecule has 0 bridgehead atoms. The number of nitrogens with one attached hydrogen (secondary N) is 1. The summed E-state index contributed by atoms with van der Waals surface area (Å²) >= 11 is 1.28. The summed E-state index contributed by atoms with van der Waals surface area (Å²) in [5.41, 5.74) is 6.03. The zero-order chi connectivity index (χ0) is 19.5. The van der Waals surface area contributed by atoms with Gasteiger partial charge in [-0.2, -0.15) is 0 Å². The molecule has 2 heterocycles. The van der Waals surface area contributed by atoms with E-state index in [0.29, 0.717) is 22.5 Å². The number of hydrogen-bond donors (Lipinski definition) is 2. The number of H-pyrrole nitrogens is 1. The fourth-order valence-electron chi connectivity index (χ4n) is 3.74. The number of anilines is 1. The van der Waals surface area contributed by atoms with Crippen LogP contribution in [-0.4, -0.2) is 45.4 Å². The molecule has 148 valence electrons. The number of para-hydroxylation sites is 2. The first kappa shape index (κ1) is 18.8. The molecule has 4 rings (SSSR count). The number of thioether (sulfide) groups is 1. The molecule has 2 amide bonds. The first-order valence-electron chi connectivity index (χ1n) is 9.49. The topological polar surface area (TPSA) is 114 Å². The molecule has 1 fully saturated rings. The lowest BCUT2D eigenvalue weighted by Gasteiger charge is -2.33. The molecule has 28 heavy (non-hydrogen) atoms. The Morgan fingerprint density at radius 1 is 1.29 bits per heavy atom. The first-order chi connectivity index (χ1) is 13.6. The second-order valence-electron chi connectivity index (χ2n) is 7.19. The van der Waals surface area contributed by atoms with Gasteiger partial charge in [0.15, 0.2) is 6.10 Å². The second-order valence-corrected chi connectivity index (χ2v) is 8.13. The Kier molecular flexibility index (Phi) is 5.52. The van der Waals surface area contributed by atoms with E-state index in [2.05, 4.69) is 15.2 Å². The van der Waals surface area contributed by atoms with E-state index in [9.17, 15) is 9.59 Å². The van der Waals surface area contributed by atoms with Crippen molar-refractivity contribution >= 4 is 29.3 Å². The Morgan fingerprint density at radius 2 is 2.07 bits per heavy atom. The number of primary amides is 1. The number of carbonyl (C=O) groups excluding carboxylic acids is 2. The quantitative estimate of drug-likeness (QED) is 0.715. The highest BCUT2D eigenvalue weighted by molar-refractivity contribution is 7.99. The van der Waals surface area contributed by atoms with Gasteiger partial charge in [0.2, 0.25) is 11.1 Å². The minimum absolute atomic E-state index is 0.104. The fourth-order valence-corrected chi connectivity index (χ4v) is 4.44. The van der Waals surface area contributed by atoms with Gasteiger partial charge in [-0.15, -0.1) is 5.10 Å². The summed E-state index contributed by atoms with van der Waals surface area (Å²) in [6.45, 7) is 0.104. The van der Waals surface area contributed by atoms with Crippen LogP contribution >= 0.6 is 11.8 Å². The number of nitrogens with zero attached hydrogens (tertiary/aromatic N) is 3. The third kappa shape index (κ3) is 4.14. The Morgan fingerprint density at radius 3 is 2.86 bits per heavy atom. The molecule has 1 atom stereocenters. The highest BCUT2D eigenvalue weighted by atomic mass is 32.2. The normalized spacial score (nSPS) is 19.3. The summed E-state index contributed by atoms with van der Waals surface area (Å²) in [5.74, 6) is 1.48. The van der Waals surface area contributed by atoms with Crippen LogP contribution in [0.15, 0.2) is 29.4 Å². The Bertz CT molecular complexity index is 865. The van der Waals surface area contributed by atoms with E-state index in [4.69, 9.17) is 10.5 Å². The molecular weight excluding hydrogens is 378 g/mol. The lowest BCUT2D eigenvalue weighted by Crippen LogP contribution is -2.49. The zero-order valence-electron chi connectivity index (χ0n) is 15.5. The second kappa shape index (κ2) is 8.22. The lowest BCUT2D eigenvalue weighted by atomic mass is 10.0. The van der Waals surface area contributed by atoms with Gasteiger partial charge >= 0.3 is 0 Å². The largest absolute Gasteiger partial charge is 0.477 e. The maximum Gasteiger partial charge on any atom is 0.260 e. The molecular formula is C19H23N5O3S. The van der Waals surface area contributed by atoms with E-state index in [-0.39, 0.29) is 18.2 Å². The van der Waals surface area contributed by atoms with Crippen LogP contribution in [-0.2, 0) is 16.0 Å². The number of benzene rings is 1. The van der Waals surface area contributed by atoms with E-state index in [0.717, 1.165) is 12.2 Å². The zero-order valence-corrected chi connectivity index (χ0v) is 16.3. The van der Waals surface area contributed by atoms with Crippen molar-refractivity contribution in [2.24, 2.45) is 11.7 Å². The lowest BCUT2D eigenvalue weighted by molar-refractivity contribution is -0.125. The smallest absolute Gasteiger partial charge is 0.260 e. The van der Waals surface area contributed by atoms with Crippen molar-refractivity contribution in [2.45, 2.75) is 43.4 Å². The third-order valence-electron chi connectivity index (χ3n) is 5.18. The van der Waals surface area contributed by atoms with Crippen molar-refractivity contribution in [3.05, 3.63) is 30.1 Å². The molecule has 1 aliphatic carbocycles. The SMILES string of the molecule is NC(=O)C1CN(C(=O)CSc2n[nH]c(CC3CCCC3)n2)c2ccccc2O1. The monoisotopic (exact) mass is 401 g/mol. The summed E-state index contributed by atoms with van der Waals surface area (Å²) in [6, 6.07) is 7.13. The van der Waals surface area contributed by atoms with Gasteiger partial charge in [-0.3, -0.25) is 14.7 Å². The van der Waals surface area contributed by atoms with Gasteiger partial charge in [0, 0.05) is 6.42 Å². The Balaban J connectivity index is 1.39. The van der Waals surface area contributed by atoms with Crippen molar-refractivity contribution in [3.8, 4) is 5.75 Å². The molecule has 2 aliphatic rings. The van der Waals surface area contributed by atoms with Crippen LogP contribution in [0, 0.1) is 5.92 Å². The molecule has 0 saturated heterocycles. The summed E-state index contributed by atoms with van der Waals surface area (Å²) in [4.78, 5) is 30.5. The predicted molar refractivity (Wildman–Crippen MR) is 105 cm³/mol.